The van der Waals surface area contributed by atoms with Crippen LogP contribution in [-0.4, -0.2) is 49.9 Å². The predicted molar refractivity (Wildman–Crippen MR) is 71.1 cm³/mol. The van der Waals surface area contributed by atoms with Gasteiger partial charge in [0, 0.05) is 38.0 Å². The summed E-state index contributed by atoms with van der Waals surface area (Å²) in [6.45, 7) is 6.65. The van der Waals surface area contributed by atoms with E-state index in [4.69, 9.17) is 0 Å². The average Bonchev–Trinajstić information content (AvgIpc) is 2.38. The van der Waals surface area contributed by atoms with Crippen molar-refractivity contribution < 1.29 is 9.59 Å². The third kappa shape index (κ3) is 3.98. The molecule has 1 aliphatic heterocycles. The van der Waals surface area contributed by atoms with Crippen LogP contribution in [0.15, 0.2) is 0 Å². The van der Waals surface area contributed by atoms with E-state index in [2.05, 4.69) is 10.6 Å². The first-order chi connectivity index (χ1) is 8.60. The Kier molecular flexibility index (Phi) is 6.12. The van der Waals surface area contributed by atoms with Gasteiger partial charge in [0.25, 0.3) is 0 Å². The number of nitrogens with one attached hydrogen (secondary N) is 2. The van der Waals surface area contributed by atoms with Gasteiger partial charge < -0.3 is 15.5 Å². The fourth-order valence-electron chi connectivity index (χ4n) is 2.39. The molecule has 0 radical (unpaired) electrons. The molecule has 0 aliphatic carbocycles. The van der Waals surface area contributed by atoms with Crippen LogP contribution in [0.2, 0.25) is 0 Å². The highest BCUT2D eigenvalue weighted by molar-refractivity contribution is 5.81. The third-order valence-corrected chi connectivity index (χ3v) is 3.46. The molecule has 2 amide bonds. The Morgan fingerprint density at radius 3 is 2.44 bits per heavy atom. The van der Waals surface area contributed by atoms with Crippen molar-refractivity contribution in [3.63, 3.8) is 0 Å². The second-order valence-electron chi connectivity index (χ2n) is 4.95. The summed E-state index contributed by atoms with van der Waals surface area (Å²) in [5.74, 6) is 0.413. The average molecular weight is 255 g/mol. The molecule has 1 saturated heterocycles. The van der Waals surface area contributed by atoms with Crippen LogP contribution in [0.3, 0.4) is 0 Å². The molecule has 18 heavy (non-hydrogen) atoms. The lowest BCUT2D eigenvalue weighted by Crippen LogP contribution is -2.45. The van der Waals surface area contributed by atoms with Crippen molar-refractivity contribution in [1.82, 2.24) is 15.5 Å². The molecule has 1 atom stereocenters. The minimum atomic E-state index is 0.0102. The van der Waals surface area contributed by atoms with Crippen molar-refractivity contribution in [2.45, 2.75) is 26.7 Å². The summed E-state index contributed by atoms with van der Waals surface area (Å²) in [6.07, 6.45) is 1.56. The Morgan fingerprint density at radius 2 is 1.94 bits per heavy atom. The van der Waals surface area contributed by atoms with E-state index in [1.165, 1.54) is 0 Å². The molecule has 1 heterocycles. The minimum Gasteiger partial charge on any atom is -0.356 e. The van der Waals surface area contributed by atoms with E-state index in [0.717, 1.165) is 12.8 Å². The van der Waals surface area contributed by atoms with Crippen LogP contribution in [0.5, 0.6) is 0 Å². The second-order valence-corrected chi connectivity index (χ2v) is 4.95. The van der Waals surface area contributed by atoms with Gasteiger partial charge in [-0.05, 0) is 26.8 Å². The number of nitrogens with zero attached hydrogens (tertiary/aromatic N) is 1. The SMILES string of the molecule is CCNC(=O)C1CCN(C(=O)C(C)CNC)CC1. The summed E-state index contributed by atoms with van der Waals surface area (Å²) in [4.78, 5) is 25.6. The highest BCUT2D eigenvalue weighted by Gasteiger charge is 2.28. The van der Waals surface area contributed by atoms with Crippen molar-refractivity contribution in [2.75, 3.05) is 33.2 Å². The fraction of sp³-hybridized carbons (Fsp3) is 0.846. The van der Waals surface area contributed by atoms with Gasteiger partial charge in [0.2, 0.25) is 11.8 Å². The van der Waals surface area contributed by atoms with Crippen LogP contribution in [0.4, 0.5) is 0 Å². The van der Waals surface area contributed by atoms with Crippen LogP contribution >= 0.6 is 0 Å². The highest BCUT2D eigenvalue weighted by Crippen LogP contribution is 2.18. The summed E-state index contributed by atoms with van der Waals surface area (Å²) in [5, 5.41) is 5.87. The molecule has 0 aromatic rings. The molecule has 5 nitrogen and oxygen atoms in total. The normalized spacial score (nSPS) is 18.5. The monoisotopic (exact) mass is 255 g/mol. The summed E-state index contributed by atoms with van der Waals surface area (Å²) >= 11 is 0. The van der Waals surface area contributed by atoms with Gasteiger partial charge in [0.1, 0.15) is 0 Å². The van der Waals surface area contributed by atoms with Gasteiger partial charge in [-0.3, -0.25) is 9.59 Å². The van der Waals surface area contributed by atoms with Gasteiger partial charge in [-0.2, -0.15) is 0 Å². The lowest BCUT2D eigenvalue weighted by Gasteiger charge is -2.33. The quantitative estimate of drug-likeness (QED) is 0.738. The first-order valence-electron chi connectivity index (χ1n) is 6.81. The molecule has 104 valence electrons. The summed E-state index contributed by atoms with van der Waals surface area (Å²) in [7, 11) is 1.85. The Balaban J connectivity index is 2.39. The Morgan fingerprint density at radius 1 is 1.33 bits per heavy atom. The third-order valence-electron chi connectivity index (χ3n) is 3.46. The summed E-state index contributed by atoms with van der Waals surface area (Å²) in [6, 6.07) is 0. The molecule has 1 fully saturated rings. The van der Waals surface area contributed by atoms with Crippen molar-refractivity contribution >= 4 is 11.8 Å². The van der Waals surface area contributed by atoms with Gasteiger partial charge in [-0.1, -0.05) is 6.92 Å². The largest absolute Gasteiger partial charge is 0.356 e. The molecule has 1 rings (SSSR count). The van der Waals surface area contributed by atoms with E-state index >= 15 is 0 Å². The van der Waals surface area contributed by atoms with Crippen LogP contribution in [0, 0.1) is 11.8 Å². The maximum Gasteiger partial charge on any atom is 0.226 e. The van der Waals surface area contributed by atoms with Crippen molar-refractivity contribution in [3.05, 3.63) is 0 Å². The number of hydrogen-bond acceptors (Lipinski definition) is 3. The Bertz CT molecular complexity index is 286. The number of likely N-dealkylation sites (tertiary alicyclic amines) is 1. The first-order valence-corrected chi connectivity index (χ1v) is 6.81. The minimum absolute atomic E-state index is 0.0102. The lowest BCUT2D eigenvalue weighted by molar-refractivity contribution is -0.138. The van der Waals surface area contributed by atoms with Gasteiger partial charge in [0.15, 0.2) is 0 Å². The van der Waals surface area contributed by atoms with Gasteiger partial charge in [0.05, 0.1) is 0 Å². The van der Waals surface area contributed by atoms with Crippen LogP contribution < -0.4 is 10.6 Å². The molecule has 0 aromatic heterocycles. The zero-order chi connectivity index (χ0) is 13.5. The molecule has 5 heteroatoms. The molecule has 1 unspecified atom stereocenters. The maximum absolute atomic E-state index is 12.1. The van der Waals surface area contributed by atoms with Gasteiger partial charge in [-0.25, -0.2) is 0 Å². The van der Waals surface area contributed by atoms with Crippen molar-refractivity contribution in [2.24, 2.45) is 11.8 Å². The second kappa shape index (κ2) is 7.36. The number of amides is 2. The smallest absolute Gasteiger partial charge is 0.226 e. The zero-order valence-corrected chi connectivity index (χ0v) is 11.7. The van der Waals surface area contributed by atoms with Crippen LogP contribution in [-0.2, 0) is 9.59 Å². The lowest BCUT2D eigenvalue weighted by atomic mass is 9.95. The van der Waals surface area contributed by atoms with Gasteiger partial charge in [-0.15, -0.1) is 0 Å². The highest BCUT2D eigenvalue weighted by atomic mass is 16.2. The Labute approximate surface area is 109 Å². The molecule has 0 spiro atoms. The van der Waals surface area contributed by atoms with Crippen molar-refractivity contribution in [3.8, 4) is 0 Å². The topological polar surface area (TPSA) is 61.4 Å². The van der Waals surface area contributed by atoms with Gasteiger partial charge >= 0.3 is 0 Å². The maximum atomic E-state index is 12.1. The molecule has 0 aromatic carbocycles. The molecule has 0 saturated carbocycles. The summed E-state index contributed by atoms with van der Waals surface area (Å²) in [5.41, 5.74) is 0. The number of piperidine rings is 1. The molecule has 0 bridgehead atoms. The van der Waals surface area contributed by atoms with Crippen LogP contribution in [0.25, 0.3) is 0 Å². The van der Waals surface area contributed by atoms with E-state index in [0.29, 0.717) is 26.2 Å². The van der Waals surface area contributed by atoms with E-state index < -0.39 is 0 Å². The van der Waals surface area contributed by atoms with Crippen LogP contribution in [0.1, 0.15) is 26.7 Å². The number of carbonyl (C=O) groups excluding carboxylic acids is 2. The summed E-state index contributed by atoms with van der Waals surface area (Å²) < 4.78 is 0. The number of rotatable bonds is 5. The standard InChI is InChI=1S/C13H25N3O2/c1-4-15-12(17)11-5-7-16(8-6-11)13(18)10(2)9-14-3/h10-11,14H,4-9H2,1-3H3,(H,15,17). The number of carbonyl (C=O) groups is 2. The predicted octanol–water partition coefficient (Wildman–Crippen LogP) is 0.217. The molecular formula is C13H25N3O2. The first kappa shape index (κ1) is 15.0. The van der Waals surface area contributed by atoms with E-state index in [-0.39, 0.29) is 23.7 Å². The zero-order valence-electron chi connectivity index (χ0n) is 11.7. The molecule has 1 aliphatic rings. The fourth-order valence-corrected chi connectivity index (χ4v) is 2.39. The Hall–Kier alpha value is -1.10. The molecular weight excluding hydrogens is 230 g/mol. The van der Waals surface area contributed by atoms with E-state index in [1.54, 1.807) is 0 Å². The van der Waals surface area contributed by atoms with E-state index in [9.17, 15) is 9.59 Å². The number of hydrogen-bond donors (Lipinski definition) is 2. The van der Waals surface area contributed by atoms with Crippen molar-refractivity contribution in [1.29, 1.82) is 0 Å². The van der Waals surface area contributed by atoms with E-state index in [1.807, 2.05) is 25.8 Å². The molecule has 2 N–H and O–H groups in total.